The Morgan fingerprint density at radius 1 is 1.00 bits per heavy atom. The monoisotopic (exact) mass is 584 g/mol. The minimum absolute atomic E-state index is 0. The van der Waals surface area contributed by atoms with Crippen molar-refractivity contribution in [2.75, 3.05) is 12.5 Å². The molecule has 0 radical (unpaired) electrons. The lowest BCUT2D eigenvalue weighted by atomic mass is 9.67. The third kappa shape index (κ3) is 4.13. The van der Waals surface area contributed by atoms with Crippen molar-refractivity contribution in [1.29, 1.82) is 0 Å². The second-order valence-electron chi connectivity index (χ2n) is 10.5. The van der Waals surface area contributed by atoms with Gasteiger partial charge in [-0.05, 0) is 49.9 Å². The molecule has 2 aromatic carbocycles. The van der Waals surface area contributed by atoms with Gasteiger partial charge in [-0.2, -0.15) is 8.42 Å². The molecule has 1 atom stereocenters. The smallest absolute Gasteiger partial charge is 0.294 e. The van der Waals surface area contributed by atoms with Gasteiger partial charge in [0.05, 0.1) is 27.2 Å². The van der Waals surface area contributed by atoms with Gasteiger partial charge in [0.2, 0.25) is 0 Å². The van der Waals surface area contributed by atoms with Crippen LogP contribution in [0.25, 0.3) is 11.0 Å². The molecule has 0 spiro atoms. The first kappa shape index (κ1) is 28.2. The predicted octanol–water partition coefficient (Wildman–Crippen LogP) is 4.10. The highest BCUT2D eigenvalue weighted by molar-refractivity contribution is 7.90. The molecule has 4 N–H and O–H groups in total. The van der Waals surface area contributed by atoms with Crippen LogP contribution in [0.1, 0.15) is 48.8 Å². The average molecular weight is 585 g/mol. The first-order chi connectivity index (χ1) is 18.6. The van der Waals surface area contributed by atoms with E-state index in [2.05, 4.69) is 10.4 Å². The third-order valence-electron chi connectivity index (χ3n) is 8.20. The summed E-state index contributed by atoms with van der Waals surface area (Å²) in [5.41, 5.74) is 5.40. The molecule has 3 heterocycles. The van der Waals surface area contributed by atoms with Crippen molar-refractivity contribution in [2.45, 2.75) is 54.4 Å². The number of anilines is 1. The largest absolute Gasteiger partial charge is 0.412 e. The van der Waals surface area contributed by atoms with E-state index < -0.39 is 25.7 Å². The van der Waals surface area contributed by atoms with E-state index in [0.29, 0.717) is 16.6 Å². The Morgan fingerprint density at radius 2 is 1.70 bits per heavy atom. The zero-order valence-corrected chi connectivity index (χ0v) is 23.8. The Hall–Kier alpha value is -3.29. The van der Waals surface area contributed by atoms with Crippen molar-refractivity contribution in [1.82, 2.24) is 14.0 Å². The molecule has 0 bridgehead atoms. The SMILES string of the molecule is Cc1ccc(S(=O)(=O)O)c(C2(C3CCCCC3)c3c(cnc4c3ccn4S(=O)(=O)c3ccccc3)NN2C)c1.O. The summed E-state index contributed by atoms with van der Waals surface area (Å²) < 4.78 is 64.3. The fourth-order valence-corrected chi connectivity index (χ4v) is 8.65. The minimum atomic E-state index is -4.57. The van der Waals surface area contributed by atoms with Crippen LogP contribution < -0.4 is 5.43 Å². The molecule has 10 nitrogen and oxygen atoms in total. The molecule has 12 heteroatoms. The van der Waals surface area contributed by atoms with Gasteiger partial charge in [-0.3, -0.25) is 4.55 Å². The molecule has 1 aliphatic carbocycles. The van der Waals surface area contributed by atoms with E-state index >= 15 is 0 Å². The van der Waals surface area contributed by atoms with Crippen molar-refractivity contribution in [2.24, 2.45) is 5.92 Å². The Labute approximate surface area is 233 Å². The molecule has 1 fully saturated rings. The van der Waals surface area contributed by atoms with Crippen LogP contribution in [0, 0.1) is 12.8 Å². The fraction of sp³-hybridized carbons (Fsp3) is 0.321. The van der Waals surface area contributed by atoms with Gasteiger partial charge in [-0.15, -0.1) is 0 Å². The van der Waals surface area contributed by atoms with Crippen LogP contribution in [0.4, 0.5) is 5.69 Å². The maximum absolute atomic E-state index is 13.6. The van der Waals surface area contributed by atoms with E-state index in [-0.39, 0.29) is 26.8 Å². The van der Waals surface area contributed by atoms with Crippen molar-refractivity contribution in [3.63, 3.8) is 0 Å². The van der Waals surface area contributed by atoms with Crippen LogP contribution in [0.15, 0.2) is 76.8 Å². The van der Waals surface area contributed by atoms with Crippen LogP contribution in [0.3, 0.4) is 0 Å². The third-order valence-corrected chi connectivity index (χ3v) is 10.8. The number of hydrogen-bond acceptors (Lipinski definition) is 7. The number of fused-ring (bicyclic) bond motifs is 3. The number of benzene rings is 2. The first-order valence-corrected chi connectivity index (χ1v) is 15.8. The average Bonchev–Trinajstić information content (AvgIpc) is 3.48. The van der Waals surface area contributed by atoms with Gasteiger partial charge in [0.1, 0.15) is 0 Å². The van der Waals surface area contributed by atoms with E-state index in [1.54, 1.807) is 48.7 Å². The van der Waals surface area contributed by atoms with Crippen LogP contribution in [0.5, 0.6) is 0 Å². The number of hydrazine groups is 1. The van der Waals surface area contributed by atoms with Crippen molar-refractivity contribution < 1.29 is 26.9 Å². The lowest BCUT2D eigenvalue weighted by molar-refractivity contribution is 0.101. The lowest BCUT2D eigenvalue weighted by Crippen LogP contribution is -2.49. The van der Waals surface area contributed by atoms with E-state index in [1.165, 1.54) is 16.2 Å². The van der Waals surface area contributed by atoms with Gasteiger partial charge >= 0.3 is 0 Å². The second-order valence-corrected chi connectivity index (χ2v) is 13.7. The van der Waals surface area contributed by atoms with E-state index in [4.69, 9.17) is 0 Å². The predicted molar refractivity (Wildman–Crippen MR) is 152 cm³/mol. The van der Waals surface area contributed by atoms with E-state index in [9.17, 15) is 21.4 Å². The zero-order chi connectivity index (χ0) is 27.6. The molecular formula is C28H32N4O6S2. The molecule has 1 unspecified atom stereocenters. The zero-order valence-electron chi connectivity index (χ0n) is 22.2. The summed E-state index contributed by atoms with van der Waals surface area (Å²) in [6.45, 7) is 1.89. The summed E-state index contributed by atoms with van der Waals surface area (Å²) in [5.74, 6) is -0.00743. The number of nitrogens with zero attached hydrogens (tertiary/aromatic N) is 3. The van der Waals surface area contributed by atoms with Crippen LogP contribution in [-0.4, -0.2) is 47.9 Å². The lowest BCUT2D eigenvalue weighted by Gasteiger charge is -2.45. The number of rotatable bonds is 5. The second kappa shape index (κ2) is 9.96. The van der Waals surface area contributed by atoms with E-state index in [1.807, 2.05) is 25.0 Å². The molecular weight excluding hydrogens is 552 g/mol. The number of pyridine rings is 1. The van der Waals surface area contributed by atoms with Gasteiger partial charge in [0.25, 0.3) is 20.1 Å². The van der Waals surface area contributed by atoms with Gasteiger partial charge in [-0.1, -0.05) is 55.2 Å². The summed E-state index contributed by atoms with van der Waals surface area (Å²) in [6, 6.07) is 14.9. The standard InChI is InChI=1S/C28H30N4O5S2.H2O/c1-19-13-14-25(39(35,36)37)23(17-19)28(20-9-5-3-6-10-20)26-22-15-16-32(27(22)29-18-24(26)30-31(28)2)38(33,34)21-11-7-4-8-12-21;/h4,7-8,11-18,20,30H,3,5-6,9-10H2,1-2H3,(H,35,36,37);1H2. The molecule has 0 saturated heterocycles. The number of nitrogens with one attached hydrogen (secondary N) is 1. The molecule has 2 aromatic heterocycles. The molecule has 1 saturated carbocycles. The van der Waals surface area contributed by atoms with E-state index in [0.717, 1.165) is 43.2 Å². The highest BCUT2D eigenvalue weighted by atomic mass is 32.2. The Balaban J connectivity index is 0.00000323. The van der Waals surface area contributed by atoms with Crippen molar-refractivity contribution >= 4 is 36.9 Å². The van der Waals surface area contributed by atoms with Crippen molar-refractivity contribution in [3.8, 4) is 0 Å². The highest BCUT2D eigenvalue weighted by Crippen LogP contribution is 2.56. The molecule has 4 aromatic rings. The fourth-order valence-electron chi connectivity index (χ4n) is 6.60. The highest BCUT2D eigenvalue weighted by Gasteiger charge is 2.54. The summed E-state index contributed by atoms with van der Waals surface area (Å²) in [4.78, 5) is 4.55. The quantitative estimate of drug-likeness (QED) is 0.333. The normalized spacial score (nSPS) is 20.2. The van der Waals surface area contributed by atoms with Crippen molar-refractivity contribution in [3.05, 3.63) is 83.7 Å². The minimum Gasteiger partial charge on any atom is -0.412 e. The Kier molecular flexibility index (Phi) is 7.04. The molecule has 40 heavy (non-hydrogen) atoms. The number of hydrogen-bond donors (Lipinski definition) is 2. The number of aromatic nitrogens is 2. The first-order valence-electron chi connectivity index (χ1n) is 13.0. The van der Waals surface area contributed by atoms with Gasteiger partial charge in [0.15, 0.2) is 5.65 Å². The molecule has 6 rings (SSSR count). The maximum Gasteiger partial charge on any atom is 0.294 e. The summed E-state index contributed by atoms with van der Waals surface area (Å²) in [6.07, 6.45) is 7.87. The molecule has 0 amide bonds. The summed E-state index contributed by atoms with van der Waals surface area (Å²) in [7, 11) is -6.63. The van der Waals surface area contributed by atoms with Crippen LogP contribution >= 0.6 is 0 Å². The van der Waals surface area contributed by atoms with Crippen LogP contribution in [-0.2, 0) is 25.7 Å². The Morgan fingerprint density at radius 3 is 2.38 bits per heavy atom. The Bertz CT molecular complexity index is 1800. The summed E-state index contributed by atoms with van der Waals surface area (Å²) >= 11 is 0. The summed E-state index contributed by atoms with van der Waals surface area (Å²) in [5, 5.41) is 2.53. The maximum atomic E-state index is 13.6. The number of aryl methyl sites for hydroxylation is 1. The molecule has 1 aliphatic heterocycles. The molecule has 212 valence electrons. The van der Waals surface area contributed by atoms with Gasteiger partial charge in [0, 0.05) is 29.8 Å². The topological polar surface area (TPSA) is 153 Å². The van der Waals surface area contributed by atoms with Crippen LogP contribution in [0.2, 0.25) is 0 Å². The molecule has 2 aliphatic rings. The van der Waals surface area contributed by atoms with Gasteiger partial charge in [-0.25, -0.2) is 22.4 Å². The van der Waals surface area contributed by atoms with Gasteiger partial charge < -0.3 is 10.9 Å².